The van der Waals surface area contributed by atoms with Crippen molar-refractivity contribution < 1.29 is 9.18 Å². The zero-order chi connectivity index (χ0) is 16.8. The smallest absolute Gasteiger partial charge is 0.267 e. The highest BCUT2D eigenvalue weighted by Crippen LogP contribution is 2.23. The van der Waals surface area contributed by atoms with Crippen LogP contribution in [0.2, 0.25) is 0 Å². The van der Waals surface area contributed by atoms with Gasteiger partial charge >= 0.3 is 0 Å². The molecule has 3 aromatic rings. The molecule has 5 nitrogen and oxygen atoms in total. The van der Waals surface area contributed by atoms with Gasteiger partial charge in [-0.3, -0.25) is 4.79 Å². The van der Waals surface area contributed by atoms with Crippen LogP contribution in [0, 0.1) is 19.7 Å². The van der Waals surface area contributed by atoms with E-state index in [4.69, 9.17) is 0 Å². The molecule has 0 bridgehead atoms. The highest BCUT2D eigenvalue weighted by Gasteiger charge is 2.23. The number of carbonyl (C=O) groups is 1. The second-order valence-electron chi connectivity index (χ2n) is 6.48. The second kappa shape index (κ2) is 5.47. The summed E-state index contributed by atoms with van der Waals surface area (Å²) in [6, 6.07) is 4.87. The Hall–Kier alpha value is -2.63. The number of amides is 1. The van der Waals surface area contributed by atoms with Crippen molar-refractivity contribution >= 4 is 16.8 Å². The van der Waals surface area contributed by atoms with Gasteiger partial charge in [0.05, 0.1) is 5.69 Å². The molecule has 124 valence electrons. The summed E-state index contributed by atoms with van der Waals surface area (Å²) in [4.78, 5) is 23.3. The van der Waals surface area contributed by atoms with Crippen LogP contribution in [0.3, 0.4) is 0 Å². The average Bonchev–Trinajstić information content (AvgIpc) is 3.13. The van der Waals surface area contributed by atoms with Crippen LogP contribution in [-0.2, 0) is 12.8 Å². The number of H-pyrrole nitrogens is 2. The lowest BCUT2D eigenvalue weighted by Crippen LogP contribution is -2.39. The number of aromatic nitrogens is 3. The summed E-state index contributed by atoms with van der Waals surface area (Å²) in [5.74, 6) is 0.499. The number of rotatable bonds is 2. The Morgan fingerprint density at radius 3 is 3.00 bits per heavy atom. The molecule has 1 atom stereocenters. The first-order chi connectivity index (χ1) is 11.5. The molecule has 2 heterocycles. The molecule has 1 unspecified atom stereocenters. The van der Waals surface area contributed by atoms with Crippen molar-refractivity contribution in [3.63, 3.8) is 0 Å². The van der Waals surface area contributed by atoms with Gasteiger partial charge in [0.2, 0.25) is 0 Å². The number of aromatic amines is 2. The minimum Gasteiger partial charge on any atom is -0.351 e. The number of fused-ring (bicyclic) bond motifs is 2. The molecular weight excluding hydrogens is 307 g/mol. The highest BCUT2D eigenvalue weighted by atomic mass is 19.1. The Labute approximate surface area is 138 Å². The Balaban J connectivity index is 1.53. The molecule has 1 aliphatic carbocycles. The van der Waals surface area contributed by atoms with Gasteiger partial charge in [0.25, 0.3) is 5.91 Å². The molecule has 0 fully saturated rings. The fraction of sp³-hybridized carbons (Fsp3) is 0.333. The molecule has 2 aromatic heterocycles. The molecule has 1 amide bonds. The standard InChI is InChI=1S/C18H19FN4O/c1-9-12-8-17(23-14(12)6-4-13(9)19)18(24)22-11-3-5-15-16(7-11)21-10(2)20-15/h4,6,8,11,23H,3,5,7H2,1-2H3,(H,20,21)(H,22,24). The number of nitrogens with zero attached hydrogens (tertiary/aromatic N) is 1. The molecule has 0 spiro atoms. The minimum absolute atomic E-state index is 0.0779. The zero-order valence-electron chi connectivity index (χ0n) is 13.7. The van der Waals surface area contributed by atoms with Crippen molar-refractivity contribution in [1.29, 1.82) is 0 Å². The van der Waals surface area contributed by atoms with E-state index in [0.717, 1.165) is 47.4 Å². The van der Waals surface area contributed by atoms with Crippen LogP contribution in [0.4, 0.5) is 4.39 Å². The molecule has 1 aromatic carbocycles. The minimum atomic E-state index is -0.261. The van der Waals surface area contributed by atoms with Crippen LogP contribution in [0.1, 0.15) is 39.7 Å². The van der Waals surface area contributed by atoms with Gasteiger partial charge in [-0.2, -0.15) is 0 Å². The van der Waals surface area contributed by atoms with Gasteiger partial charge in [-0.1, -0.05) is 0 Å². The average molecular weight is 326 g/mol. The van der Waals surface area contributed by atoms with Crippen molar-refractivity contribution in [3.05, 3.63) is 52.5 Å². The molecule has 1 aliphatic rings. The van der Waals surface area contributed by atoms with Gasteiger partial charge < -0.3 is 15.3 Å². The largest absolute Gasteiger partial charge is 0.351 e. The molecular formula is C18H19FN4O. The first kappa shape index (κ1) is 14.9. The van der Waals surface area contributed by atoms with Crippen molar-refractivity contribution in [3.8, 4) is 0 Å². The number of carbonyl (C=O) groups excluding carboxylic acids is 1. The number of aryl methyl sites for hydroxylation is 3. The van der Waals surface area contributed by atoms with Crippen LogP contribution in [0.25, 0.3) is 10.9 Å². The predicted octanol–water partition coefficient (Wildman–Crippen LogP) is 2.93. The Morgan fingerprint density at radius 1 is 1.33 bits per heavy atom. The molecule has 6 heteroatoms. The number of imidazole rings is 1. The molecule has 3 N–H and O–H groups in total. The Kier molecular flexibility index (Phi) is 3.40. The van der Waals surface area contributed by atoms with E-state index < -0.39 is 0 Å². The number of benzene rings is 1. The van der Waals surface area contributed by atoms with E-state index >= 15 is 0 Å². The van der Waals surface area contributed by atoms with E-state index in [1.165, 1.54) is 6.07 Å². The van der Waals surface area contributed by atoms with Crippen LogP contribution in [-0.4, -0.2) is 26.9 Å². The van der Waals surface area contributed by atoms with Gasteiger partial charge in [-0.25, -0.2) is 9.37 Å². The maximum atomic E-state index is 13.7. The van der Waals surface area contributed by atoms with Gasteiger partial charge in [-0.05, 0) is 50.5 Å². The number of nitrogens with one attached hydrogen (secondary N) is 3. The normalized spacial score (nSPS) is 17.0. The van der Waals surface area contributed by atoms with Crippen molar-refractivity contribution in [1.82, 2.24) is 20.3 Å². The number of hydrogen-bond acceptors (Lipinski definition) is 2. The van der Waals surface area contributed by atoms with Crippen LogP contribution in [0.5, 0.6) is 0 Å². The summed E-state index contributed by atoms with van der Waals surface area (Å²) in [6.45, 7) is 3.66. The fourth-order valence-electron chi connectivity index (χ4n) is 3.45. The zero-order valence-corrected chi connectivity index (χ0v) is 13.7. The SMILES string of the molecule is Cc1nc2c([nH]1)CC(NC(=O)c1cc3c(C)c(F)ccc3[nH]1)CC2. The highest BCUT2D eigenvalue weighted by molar-refractivity contribution is 5.99. The third-order valence-corrected chi connectivity index (χ3v) is 4.75. The molecule has 0 radical (unpaired) electrons. The van der Waals surface area contributed by atoms with E-state index in [2.05, 4.69) is 20.3 Å². The van der Waals surface area contributed by atoms with E-state index in [9.17, 15) is 9.18 Å². The lowest BCUT2D eigenvalue weighted by molar-refractivity contribution is 0.0929. The van der Waals surface area contributed by atoms with Crippen molar-refractivity contribution in [2.24, 2.45) is 0 Å². The lowest BCUT2D eigenvalue weighted by Gasteiger charge is -2.22. The van der Waals surface area contributed by atoms with Crippen molar-refractivity contribution in [2.45, 2.75) is 39.2 Å². The van der Waals surface area contributed by atoms with Crippen molar-refractivity contribution in [2.75, 3.05) is 0 Å². The molecule has 0 saturated carbocycles. The maximum absolute atomic E-state index is 13.7. The van der Waals surface area contributed by atoms with Crippen LogP contribution in [0.15, 0.2) is 18.2 Å². The lowest BCUT2D eigenvalue weighted by atomic mass is 9.96. The van der Waals surface area contributed by atoms with E-state index in [0.29, 0.717) is 11.3 Å². The molecule has 4 rings (SSSR count). The van der Waals surface area contributed by atoms with Gasteiger partial charge in [0.1, 0.15) is 17.3 Å². The van der Waals surface area contributed by atoms with E-state index in [-0.39, 0.29) is 17.8 Å². The third kappa shape index (κ3) is 2.48. The summed E-state index contributed by atoms with van der Waals surface area (Å²) in [7, 11) is 0. The van der Waals surface area contributed by atoms with Gasteiger partial charge in [0.15, 0.2) is 0 Å². The first-order valence-corrected chi connectivity index (χ1v) is 8.14. The Bertz CT molecular complexity index is 940. The summed E-state index contributed by atoms with van der Waals surface area (Å²) in [6.07, 6.45) is 2.49. The fourth-order valence-corrected chi connectivity index (χ4v) is 3.45. The summed E-state index contributed by atoms with van der Waals surface area (Å²) >= 11 is 0. The molecule has 0 aliphatic heterocycles. The Morgan fingerprint density at radius 2 is 2.17 bits per heavy atom. The molecule has 24 heavy (non-hydrogen) atoms. The van der Waals surface area contributed by atoms with Gasteiger partial charge in [0, 0.05) is 29.1 Å². The summed E-state index contributed by atoms with van der Waals surface area (Å²) < 4.78 is 13.7. The number of halogens is 1. The van der Waals surface area contributed by atoms with E-state index in [1.54, 1.807) is 19.1 Å². The molecule has 0 saturated heterocycles. The van der Waals surface area contributed by atoms with Gasteiger partial charge in [-0.15, -0.1) is 0 Å². The topological polar surface area (TPSA) is 73.6 Å². The maximum Gasteiger partial charge on any atom is 0.267 e. The predicted molar refractivity (Wildman–Crippen MR) is 89.6 cm³/mol. The van der Waals surface area contributed by atoms with Crippen LogP contribution >= 0.6 is 0 Å². The quantitative estimate of drug-likeness (QED) is 0.677. The third-order valence-electron chi connectivity index (χ3n) is 4.75. The summed E-state index contributed by atoms with van der Waals surface area (Å²) in [5.41, 5.74) is 4.01. The van der Waals surface area contributed by atoms with E-state index in [1.807, 2.05) is 6.92 Å². The number of hydrogen-bond donors (Lipinski definition) is 3. The summed E-state index contributed by atoms with van der Waals surface area (Å²) in [5, 5.41) is 3.81. The monoisotopic (exact) mass is 326 g/mol. The first-order valence-electron chi connectivity index (χ1n) is 8.14. The second-order valence-corrected chi connectivity index (χ2v) is 6.48. The van der Waals surface area contributed by atoms with Crippen LogP contribution < -0.4 is 5.32 Å².